The van der Waals surface area contributed by atoms with Crippen LogP contribution >= 0.6 is 15.9 Å². The summed E-state index contributed by atoms with van der Waals surface area (Å²) in [4.78, 5) is 0.394. The van der Waals surface area contributed by atoms with Crippen molar-refractivity contribution in [3.05, 3.63) is 70.8 Å². The Hall–Kier alpha value is -1.08. The number of hydrogen-bond donors (Lipinski definition) is 0. The zero-order valence-electron chi connectivity index (χ0n) is 10.3. The summed E-state index contributed by atoms with van der Waals surface area (Å²) < 4.78 is 0. The van der Waals surface area contributed by atoms with E-state index in [0.29, 0.717) is 4.83 Å². The number of hydrogen-bond acceptors (Lipinski definition) is 0. The Morgan fingerprint density at radius 3 is 2.35 bits per heavy atom. The second-order valence-electron chi connectivity index (χ2n) is 4.52. The number of aryl methyl sites for hydroxylation is 2. The predicted octanol–water partition coefficient (Wildman–Crippen LogP) is 4.98. The lowest BCUT2D eigenvalue weighted by atomic mass is 9.99. The first kappa shape index (κ1) is 12.4. The van der Waals surface area contributed by atoms with Crippen molar-refractivity contribution in [2.45, 2.75) is 25.1 Å². The Kier molecular flexibility index (Phi) is 4.01. The summed E-state index contributed by atoms with van der Waals surface area (Å²) in [5.41, 5.74) is 5.45. The minimum atomic E-state index is 0.394. The van der Waals surface area contributed by atoms with Gasteiger partial charge in [-0.05, 0) is 37.0 Å². The molecule has 0 saturated carbocycles. The van der Waals surface area contributed by atoms with Gasteiger partial charge in [0.15, 0.2) is 0 Å². The molecule has 0 amide bonds. The maximum absolute atomic E-state index is 3.80. The highest BCUT2D eigenvalue weighted by Crippen LogP contribution is 2.29. The number of benzene rings is 2. The summed E-state index contributed by atoms with van der Waals surface area (Å²) in [6.45, 7) is 4.32. The van der Waals surface area contributed by atoms with Crippen molar-refractivity contribution in [2.24, 2.45) is 0 Å². The molecule has 0 nitrogen and oxygen atoms in total. The Bertz CT molecular complexity index is 488. The molecule has 1 unspecified atom stereocenters. The minimum Gasteiger partial charge on any atom is -0.0835 e. The lowest BCUT2D eigenvalue weighted by molar-refractivity contribution is 0.937. The van der Waals surface area contributed by atoms with Crippen LogP contribution in [0.25, 0.3) is 0 Å². The summed E-state index contributed by atoms with van der Waals surface area (Å²) >= 11 is 3.80. The van der Waals surface area contributed by atoms with Gasteiger partial charge in [0.1, 0.15) is 0 Å². The van der Waals surface area contributed by atoms with Crippen molar-refractivity contribution in [1.29, 1.82) is 0 Å². The van der Waals surface area contributed by atoms with Gasteiger partial charge in [-0.2, -0.15) is 0 Å². The van der Waals surface area contributed by atoms with E-state index in [1.54, 1.807) is 0 Å². The van der Waals surface area contributed by atoms with Crippen LogP contribution in [0.4, 0.5) is 0 Å². The van der Waals surface area contributed by atoms with E-state index < -0.39 is 0 Å². The number of halogens is 1. The van der Waals surface area contributed by atoms with E-state index in [0.717, 1.165) is 6.42 Å². The maximum atomic E-state index is 3.80. The molecule has 0 spiro atoms. The molecule has 0 aliphatic carbocycles. The van der Waals surface area contributed by atoms with Crippen LogP contribution in [-0.4, -0.2) is 0 Å². The summed E-state index contributed by atoms with van der Waals surface area (Å²) in [7, 11) is 0. The van der Waals surface area contributed by atoms with Crippen LogP contribution < -0.4 is 0 Å². The second kappa shape index (κ2) is 5.50. The quantitative estimate of drug-likeness (QED) is 0.699. The van der Waals surface area contributed by atoms with E-state index >= 15 is 0 Å². The smallest absolute Gasteiger partial charge is 0.0438 e. The zero-order valence-corrected chi connectivity index (χ0v) is 11.9. The Morgan fingerprint density at radius 2 is 1.71 bits per heavy atom. The fraction of sp³-hybridized carbons (Fsp3) is 0.250. The van der Waals surface area contributed by atoms with Crippen molar-refractivity contribution in [3.63, 3.8) is 0 Å². The highest BCUT2D eigenvalue weighted by atomic mass is 79.9. The van der Waals surface area contributed by atoms with Crippen molar-refractivity contribution >= 4 is 15.9 Å². The third-order valence-corrected chi connectivity index (χ3v) is 3.84. The van der Waals surface area contributed by atoms with Gasteiger partial charge in [-0.1, -0.05) is 70.0 Å². The molecule has 1 heteroatoms. The fourth-order valence-corrected chi connectivity index (χ4v) is 3.00. The van der Waals surface area contributed by atoms with Crippen molar-refractivity contribution in [2.75, 3.05) is 0 Å². The molecule has 0 bridgehead atoms. The number of alkyl halides is 1. The Labute approximate surface area is 112 Å². The van der Waals surface area contributed by atoms with E-state index in [1.165, 1.54) is 22.3 Å². The van der Waals surface area contributed by atoms with Crippen LogP contribution in [0, 0.1) is 13.8 Å². The van der Waals surface area contributed by atoms with Gasteiger partial charge in [0, 0.05) is 4.83 Å². The van der Waals surface area contributed by atoms with Crippen LogP contribution in [0.5, 0.6) is 0 Å². The summed E-state index contributed by atoms with van der Waals surface area (Å²) in [5.74, 6) is 0. The van der Waals surface area contributed by atoms with Crippen LogP contribution in [0.3, 0.4) is 0 Å². The predicted molar refractivity (Wildman–Crippen MR) is 77.7 cm³/mol. The minimum absolute atomic E-state index is 0.394. The van der Waals surface area contributed by atoms with E-state index in [-0.39, 0.29) is 0 Å². The third-order valence-electron chi connectivity index (χ3n) is 3.02. The van der Waals surface area contributed by atoms with Gasteiger partial charge in [0.05, 0.1) is 0 Å². The van der Waals surface area contributed by atoms with Gasteiger partial charge in [-0.3, -0.25) is 0 Å². The second-order valence-corrected chi connectivity index (χ2v) is 5.62. The molecule has 0 aromatic heterocycles. The first-order chi connectivity index (χ1) is 8.16. The molecule has 0 radical (unpaired) electrons. The highest BCUT2D eigenvalue weighted by molar-refractivity contribution is 9.09. The monoisotopic (exact) mass is 288 g/mol. The fourth-order valence-electron chi connectivity index (χ4n) is 2.11. The zero-order chi connectivity index (χ0) is 12.3. The standard InChI is InChI=1S/C16H17Br/c1-12-8-9-15(13(2)10-12)16(17)11-14-6-4-3-5-7-14/h3-10,16H,11H2,1-2H3. The molecule has 0 aliphatic rings. The summed E-state index contributed by atoms with van der Waals surface area (Å²) in [6.07, 6.45) is 1.03. The van der Waals surface area contributed by atoms with Crippen LogP contribution in [0.2, 0.25) is 0 Å². The van der Waals surface area contributed by atoms with Gasteiger partial charge in [-0.25, -0.2) is 0 Å². The molecule has 2 aromatic carbocycles. The SMILES string of the molecule is Cc1ccc(C(Br)Cc2ccccc2)c(C)c1. The lowest BCUT2D eigenvalue weighted by Gasteiger charge is -2.13. The van der Waals surface area contributed by atoms with Gasteiger partial charge in [0.2, 0.25) is 0 Å². The topological polar surface area (TPSA) is 0 Å². The van der Waals surface area contributed by atoms with Crippen LogP contribution in [0.1, 0.15) is 27.1 Å². The molecule has 0 aliphatic heterocycles. The largest absolute Gasteiger partial charge is 0.0835 e. The van der Waals surface area contributed by atoms with Crippen molar-refractivity contribution in [3.8, 4) is 0 Å². The van der Waals surface area contributed by atoms with E-state index in [9.17, 15) is 0 Å². The molecule has 0 saturated heterocycles. The lowest BCUT2D eigenvalue weighted by Crippen LogP contribution is -1.98. The first-order valence-electron chi connectivity index (χ1n) is 5.92. The van der Waals surface area contributed by atoms with E-state index in [1.807, 2.05) is 0 Å². The Balaban J connectivity index is 2.17. The highest BCUT2D eigenvalue weighted by Gasteiger charge is 2.10. The van der Waals surface area contributed by atoms with Gasteiger partial charge in [0.25, 0.3) is 0 Å². The van der Waals surface area contributed by atoms with Gasteiger partial charge in [-0.15, -0.1) is 0 Å². The molecule has 2 rings (SSSR count). The van der Waals surface area contributed by atoms with E-state index in [2.05, 4.69) is 78.3 Å². The average molecular weight is 289 g/mol. The molecular weight excluding hydrogens is 272 g/mol. The molecule has 2 aromatic rings. The normalized spacial score (nSPS) is 12.4. The summed E-state index contributed by atoms with van der Waals surface area (Å²) in [5, 5.41) is 0. The third kappa shape index (κ3) is 3.19. The molecule has 1 atom stereocenters. The maximum Gasteiger partial charge on any atom is 0.0438 e. The van der Waals surface area contributed by atoms with Crippen molar-refractivity contribution < 1.29 is 0 Å². The number of rotatable bonds is 3. The molecule has 17 heavy (non-hydrogen) atoms. The first-order valence-corrected chi connectivity index (χ1v) is 6.83. The molecule has 0 fully saturated rings. The molecular formula is C16H17Br. The van der Waals surface area contributed by atoms with Crippen LogP contribution in [0.15, 0.2) is 48.5 Å². The van der Waals surface area contributed by atoms with E-state index in [4.69, 9.17) is 0 Å². The van der Waals surface area contributed by atoms with Crippen LogP contribution in [-0.2, 0) is 6.42 Å². The summed E-state index contributed by atoms with van der Waals surface area (Å²) in [6, 6.07) is 17.3. The van der Waals surface area contributed by atoms with Crippen molar-refractivity contribution in [1.82, 2.24) is 0 Å². The molecule has 88 valence electrons. The molecule has 0 N–H and O–H groups in total. The molecule has 0 heterocycles. The average Bonchev–Trinajstić information content (AvgIpc) is 2.30. The Morgan fingerprint density at radius 1 is 1.00 bits per heavy atom. The van der Waals surface area contributed by atoms with Gasteiger partial charge < -0.3 is 0 Å². The van der Waals surface area contributed by atoms with Gasteiger partial charge >= 0.3 is 0 Å².